The van der Waals surface area contributed by atoms with Gasteiger partial charge in [-0.2, -0.15) is 4.31 Å². The van der Waals surface area contributed by atoms with E-state index in [4.69, 9.17) is 0 Å². The van der Waals surface area contributed by atoms with Crippen molar-refractivity contribution in [3.8, 4) is 0 Å². The topological polar surface area (TPSA) is 57.7 Å². The molecule has 142 valence electrons. The third kappa shape index (κ3) is 5.28. The van der Waals surface area contributed by atoms with Crippen molar-refractivity contribution in [2.75, 3.05) is 26.2 Å². The molecule has 1 fully saturated rings. The molecule has 1 amide bonds. The molecule has 0 radical (unpaired) electrons. The summed E-state index contributed by atoms with van der Waals surface area (Å²) in [5.41, 5.74) is 2.92. The molecule has 1 saturated heterocycles. The van der Waals surface area contributed by atoms with Crippen LogP contribution in [-0.4, -0.2) is 49.7 Å². The largest absolute Gasteiger partial charge is 0.337 e. The maximum atomic E-state index is 12.6. The normalized spacial score (nSPS) is 16.0. The lowest BCUT2D eigenvalue weighted by Gasteiger charge is -2.33. The van der Waals surface area contributed by atoms with E-state index in [9.17, 15) is 13.2 Å². The zero-order chi connectivity index (χ0) is 19.3. The Hall–Kier alpha value is -2.44. The molecule has 0 N–H and O–H groups in total. The molecule has 6 heteroatoms. The van der Waals surface area contributed by atoms with Crippen LogP contribution in [-0.2, 0) is 20.6 Å². The summed E-state index contributed by atoms with van der Waals surface area (Å²) in [5.74, 6) is -0.0922. The Morgan fingerprint density at radius 2 is 1.59 bits per heavy atom. The van der Waals surface area contributed by atoms with Gasteiger partial charge < -0.3 is 4.90 Å². The highest BCUT2D eigenvalue weighted by atomic mass is 32.2. The molecule has 0 atom stereocenters. The first kappa shape index (κ1) is 19.3. The fraction of sp³-hybridized carbons (Fsp3) is 0.286. The van der Waals surface area contributed by atoms with Crippen LogP contribution in [0.25, 0.3) is 6.08 Å². The molecular weight excluding hydrogens is 360 g/mol. The quantitative estimate of drug-likeness (QED) is 0.745. The van der Waals surface area contributed by atoms with Gasteiger partial charge in [0.2, 0.25) is 15.9 Å². The zero-order valence-electron chi connectivity index (χ0n) is 15.4. The van der Waals surface area contributed by atoms with Crippen molar-refractivity contribution in [3.63, 3.8) is 0 Å². The van der Waals surface area contributed by atoms with Crippen molar-refractivity contribution < 1.29 is 13.2 Å². The van der Waals surface area contributed by atoms with E-state index >= 15 is 0 Å². The van der Waals surface area contributed by atoms with Crippen molar-refractivity contribution in [3.05, 3.63) is 77.4 Å². The standard InChI is InChI=1S/C21H24N2O3S/c1-18-7-9-19(10-8-18)11-12-21(24)22-13-15-23(16-14-22)27(25,26)17-20-5-3-2-4-6-20/h2-12H,13-17H2,1H3. The van der Waals surface area contributed by atoms with Crippen LogP contribution < -0.4 is 0 Å². The van der Waals surface area contributed by atoms with Gasteiger partial charge in [0.05, 0.1) is 5.75 Å². The van der Waals surface area contributed by atoms with Crippen LogP contribution in [0.4, 0.5) is 0 Å². The van der Waals surface area contributed by atoms with Gasteiger partial charge in [0.25, 0.3) is 0 Å². The molecule has 0 unspecified atom stereocenters. The van der Waals surface area contributed by atoms with Gasteiger partial charge in [0, 0.05) is 32.3 Å². The lowest BCUT2D eigenvalue weighted by molar-refractivity contribution is -0.127. The molecular formula is C21H24N2O3S. The van der Waals surface area contributed by atoms with Gasteiger partial charge in [-0.05, 0) is 24.1 Å². The van der Waals surface area contributed by atoms with Gasteiger partial charge in [-0.25, -0.2) is 8.42 Å². The van der Waals surface area contributed by atoms with Crippen molar-refractivity contribution in [2.45, 2.75) is 12.7 Å². The van der Waals surface area contributed by atoms with E-state index in [1.54, 1.807) is 17.1 Å². The zero-order valence-corrected chi connectivity index (χ0v) is 16.2. The summed E-state index contributed by atoms with van der Waals surface area (Å²) < 4.78 is 26.6. The molecule has 0 saturated carbocycles. The van der Waals surface area contributed by atoms with E-state index in [-0.39, 0.29) is 11.7 Å². The van der Waals surface area contributed by atoms with Gasteiger partial charge in [-0.3, -0.25) is 4.79 Å². The first-order valence-corrected chi connectivity index (χ1v) is 10.6. The number of carbonyl (C=O) groups excluding carboxylic acids is 1. The van der Waals surface area contributed by atoms with Gasteiger partial charge in [0.15, 0.2) is 0 Å². The van der Waals surface area contributed by atoms with Crippen LogP contribution in [0, 0.1) is 6.92 Å². The first-order chi connectivity index (χ1) is 12.9. The number of benzene rings is 2. The van der Waals surface area contributed by atoms with Gasteiger partial charge in [0.1, 0.15) is 0 Å². The second-order valence-electron chi connectivity index (χ2n) is 6.71. The molecule has 3 rings (SSSR count). The molecule has 5 nitrogen and oxygen atoms in total. The molecule has 2 aromatic carbocycles. The third-order valence-corrected chi connectivity index (χ3v) is 6.48. The summed E-state index contributed by atoms with van der Waals surface area (Å²) in [6.45, 7) is 3.50. The molecule has 1 aliphatic rings. The summed E-state index contributed by atoms with van der Waals surface area (Å²) in [4.78, 5) is 14.1. The fourth-order valence-corrected chi connectivity index (χ4v) is 4.53. The number of amides is 1. The molecule has 0 spiro atoms. The van der Waals surface area contributed by atoms with Crippen LogP contribution in [0.3, 0.4) is 0 Å². The number of hydrogen-bond acceptors (Lipinski definition) is 3. The molecule has 1 aliphatic heterocycles. The Morgan fingerprint density at radius 3 is 2.22 bits per heavy atom. The van der Waals surface area contributed by atoms with E-state index in [0.29, 0.717) is 26.2 Å². The Bertz CT molecular complexity index is 898. The molecule has 0 aromatic heterocycles. The van der Waals surface area contributed by atoms with Gasteiger partial charge in [-0.15, -0.1) is 0 Å². The van der Waals surface area contributed by atoms with E-state index in [1.165, 1.54) is 9.87 Å². The minimum absolute atomic E-state index is 0.00485. The summed E-state index contributed by atoms with van der Waals surface area (Å²) >= 11 is 0. The highest BCUT2D eigenvalue weighted by Crippen LogP contribution is 2.14. The lowest BCUT2D eigenvalue weighted by atomic mass is 10.1. The van der Waals surface area contributed by atoms with E-state index < -0.39 is 10.0 Å². The fourth-order valence-electron chi connectivity index (χ4n) is 3.01. The Balaban J connectivity index is 1.55. The molecule has 27 heavy (non-hydrogen) atoms. The Morgan fingerprint density at radius 1 is 0.963 bits per heavy atom. The number of aryl methyl sites for hydroxylation is 1. The van der Waals surface area contributed by atoms with E-state index in [1.807, 2.05) is 61.5 Å². The molecule has 0 bridgehead atoms. The molecule has 1 heterocycles. The number of hydrogen-bond donors (Lipinski definition) is 0. The monoisotopic (exact) mass is 384 g/mol. The van der Waals surface area contributed by atoms with E-state index in [0.717, 1.165) is 11.1 Å². The summed E-state index contributed by atoms with van der Waals surface area (Å²) in [7, 11) is -3.37. The molecule has 0 aliphatic carbocycles. The van der Waals surface area contributed by atoms with Crippen molar-refractivity contribution in [1.29, 1.82) is 0 Å². The van der Waals surface area contributed by atoms with Crippen LogP contribution >= 0.6 is 0 Å². The lowest BCUT2D eigenvalue weighted by Crippen LogP contribution is -2.50. The highest BCUT2D eigenvalue weighted by molar-refractivity contribution is 7.88. The average Bonchev–Trinajstić information content (AvgIpc) is 2.68. The predicted molar refractivity (Wildman–Crippen MR) is 107 cm³/mol. The number of nitrogens with zero attached hydrogens (tertiary/aromatic N) is 2. The van der Waals surface area contributed by atoms with Crippen LogP contribution in [0.5, 0.6) is 0 Å². The summed E-state index contributed by atoms with van der Waals surface area (Å²) in [6, 6.07) is 17.1. The number of sulfonamides is 1. The smallest absolute Gasteiger partial charge is 0.246 e. The van der Waals surface area contributed by atoms with Crippen LogP contribution in [0.15, 0.2) is 60.7 Å². The van der Waals surface area contributed by atoms with Gasteiger partial charge in [-0.1, -0.05) is 60.2 Å². The number of rotatable bonds is 5. The Kier molecular flexibility index (Phi) is 6.08. The second kappa shape index (κ2) is 8.50. The second-order valence-corrected chi connectivity index (χ2v) is 8.68. The van der Waals surface area contributed by atoms with Crippen molar-refractivity contribution >= 4 is 22.0 Å². The number of carbonyl (C=O) groups is 1. The predicted octanol–water partition coefficient (Wildman–Crippen LogP) is 2.68. The Labute approximate surface area is 161 Å². The SMILES string of the molecule is Cc1ccc(C=CC(=O)N2CCN(S(=O)(=O)Cc3ccccc3)CC2)cc1. The van der Waals surface area contributed by atoms with Gasteiger partial charge >= 0.3 is 0 Å². The number of piperazine rings is 1. The average molecular weight is 385 g/mol. The minimum Gasteiger partial charge on any atom is -0.337 e. The summed E-state index contributed by atoms with van der Waals surface area (Å²) in [6.07, 6.45) is 3.35. The maximum absolute atomic E-state index is 12.6. The molecule has 2 aromatic rings. The first-order valence-electron chi connectivity index (χ1n) is 8.99. The van der Waals surface area contributed by atoms with E-state index in [2.05, 4.69) is 0 Å². The van der Waals surface area contributed by atoms with Crippen molar-refractivity contribution in [2.24, 2.45) is 0 Å². The highest BCUT2D eigenvalue weighted by Gasteiger charge is 2.28. The van der Waals surface area contributed by atoms with Crippen molar-refractivity contribution in [1.82, 2.24) is 9.21 Å². The summed E-state index contributed by atoms with van der Waals surface area (Å²) in [5, 5.41) is 0. The third-order valence-electron chi connectivity index (χ3n) is 4.63. The van der Waals surface area contributed by atoms with Crippen LogP contribution in [0.1, 0.15) is 16.7 Å². The minimum atomic E-state index is -3.37. The maximum Gasteiger partial charge on any atom is 0.246 e. The van der Waals surface area contributed by atoms with Crippen LogP contribution in [0.2, 0.25) is 0 Å².